The molecule has 0 saturated carbocycles. The summed E-state index contributed by atoms with van der Waals surface area (Å²) in [5, 5.41) is 10.2. The number of hydrogen-bond donors (Lipinski definition) is 2. The van der Waals surface area contributed by atoms with Crippen LogP contribution in [0.25, 0.3) is 22.2 Å². The lowest BCUT2D eigenvalue weighted by Crippen LogP contribution is -2.01. The monoisotopic (exact) mass is 295 g/mol. The van der Waals surface area contributed by atoms with Gasteiger partial charge in [0.2, 0.25) is 0 Å². The second-order valence-electron chi connectivity index (χ2n) is 5.33. The predicted octanol–water partition coefficient (Wildman–Crippen LogP) is 3.78. The van der Waals surface area contributed by atoms with Crippen molar-refractivity contribution in [1.82, 2.24) is 4.98 Å². The van der Waals surface area contributed by atoms with Crippen molar-refractivity contribution in [3.63, 3.8) is 0 Å². The minimum atomic E-state index is -0.836. The quantitative estimate of drug-likeness (QED) is 0.770. The first-order chi connectivity index (χ1) is 10.6. The lowest BCUT2D eigenvalue weighted by molar-refractivity contribution is -0.136. The molecule has 22 heavy (non-hydrogen) atoms. The fraction of sp³-hybridized carbons (Fsp3) is 0.167. The molecule has 4 nitrogen and oxygen atoms in total. The summed E-state index contributed by atoms with van der Waals surface area (Å²) in [6, 6.07) is 13.6. The van der Waals surface area contributed by atoms with Crippen LogP contribution in [0.4, 0.5) is 0 Å². The third-order valence-corrected chi connectivity index (χ3v) is 3.77. The Labute approximate surface area is 128 Å². The third kappa shape index (κ3) is 2.55. The number of rotatable bonds is 4. The van der Waals surface area contributed by atoms with Gasteiger partial charge in [-0.15, -0.1) is 0 Å². The normalized spacial score (nSPS) is 10.8. The van der Waals surface area contributed by atoms with Gasteiger partial charge in [0.1, 0.15) is 5.75 Å². The zero-order valence-electron chi connectivity index (χ0n) is 12.5. The van der Waals surface area contributed by atoms with E-state index in [-0.39, 0.29) is 6.42 Å². The van der Waals surface area contributed by atoms with Crippen LogP contribution in [0.15, 0.2) is 42.5 Å². The van der Waals surface area contributed by atoms with Crippen LogP contribution in [0.1, 0.15) is 11.1 Å². The summed E-state index contributed by atoms with van der Waals surface area (Å²) in [7, 11) is 1.62. The van der Waals surface area contributed by atoms with Crippen molar-refractivity contribution in [2.75, 3.05) is 7.11 Å². The van der Waals surface area contributed by atoms with Crippen LogP contribution < -0.4 is 4.74 Å². The van der Waals surface area contributed by atoms with Gasteiger partial charge in [0.25, 0.3) is 0 Å². The fourth-order valence-corrected chi connectivity index (χ4v) is 2.70. The van der Waals surface area contributed by atoms with E-state index in [1.54, 1.807) is 7.11 Å². The average molecular weight is 295 g/mol. The van der Waals surface area contributed by atoms with Gasteiger partial charge >= 0.3 is 5.97 Å². The molecule has 3 rings (SSSR count). The summed E-state index contributed by atoms with van der Waals surface area (Å²) >= 11 is 0. The molecule has 0 unspecified atom stereocenters. The van der Waals surface area contributed by atoms with E-state index in [1.165, 1.54) is 0 Å². The maximum Gasteiger partial charge on any atom is 0.307 e. The van der Waals surface area contributed by atoms with Gasteiger partial charge in [-0.05, 0) is 54.4 Å². The largest absolute Gasteiger partial charge is 0.497 e. The van der Waals surface area contributed by atoms with Crippen LogP contribution in [-0.4, -0.2) is 23.2 Å². The summed E-state index contributed by atoms with van der Waals surface area (Å²) < 4.78 is 5.17. The number of fused-ring (bicyclic) bond motifs is 1. The Morgan fingerprint density at radius 1 is 1.18 bits per heavy atom. The number of benzene rings is 2. The van der Waals surface area contributed by atoms with Crippen LogP contribution in [0.5, 0.6) is 5.75 Å². The van der Waals surface area contributed by atoms with Crippen molar-refractivity contribution < 1.29 is 14.6 Å². The number of hydrogen-bond acceptors (Lipinski definition) is 2. The molecule has 1 aromatic heterocycles. The molecule has 0 saturated heterocycles. The first-order valence-electron chi connectivity index (χ1n) is 7.06. The first-order valence-corrected chi connectivity index (χ1v) is 7.06. The SMILES string of the molecule is COc1ccc(-c2[nH]c3ccc(C)cc3c2CC(=O)O)cc1. The van der Waals surface area contributed by atoms with E-state index in [0.717, 1.165) is 39.0 Å². The summed E-state index contributed by atoms with van der Waals surface area (Å²) in [5.74, 6) is -0.0624. The van der Waals surface area contributed by atoms with Crippen LogP contribution in [-0.2, 0) is 11.2 Å². The van der Waals surface area contributed by atoms with Crippen molar-refractivity contribution in [3.05, 3.63) is 53.6 Å². The number of aryl methyl sites for hydroxylation is 1. The minimum absolute atomic E-state index is 0.00911. The molecule has 0 spiro atoms. The Morgan fingerprint density at radius 3 is 2.55 bits per heavy atom. The van der Waals surface area contributed by atoms with Gasteiger partial charge in [-0.1, -0.05) is 11.6 Å². The fourth-order valence-electron chi connectivity index (χ4n) is 2.70. The molecule has 2 N–H and O–H groups in total. The molecule has 0 bridgehead atoms. The predicted molar refractivity (Wildman–Crippen MR) is 86.4 cm³/mol. The third-order valence-electron chi connectivity index (χ3n) is 3.77. The number of nitrogens with one attached hydrogen (secondary N) is 1. The molecule has 3 aromatic rings. The second kappa shape index (κ2) is 5.56. The number of H-pyrrole nitrogens is 1. The van der Waals surface area contributed by atoms with E-state index >= 15 is 0 Å². The summed E-state index contributed by atoms with van der Waals surface area (Å²) in [5.41, 5.74) is 4.68. The van der Waals surface area contributed by atoms with E-state index in [2.05, 4.69) is 4.98 Å². The number of aliphatic carboxylic acids is 1. The van der Waals surface area contributed by atoms with Gasteiger partial charge in [0.15, 0.2) is 0 Å². The topological polar surface area (TPSA) is 62.3 Å². The van der Waals surface area contributed by atoms with E-state index in [1.807, 2.05) is 49.4 Å². The number of methoxy groups -OCH3 is 1. The zero-order valence-corrected chi connectivity index (χ0v) is 12.5. The van der Waals surface area contributed by atoms with Crippen molar-refractivity contribution in [2.45, 2.75) is 13.3 Å². The molecule has 0 aliphatic carbocycles. The Hall–Kier alpha value is -2.75. The van der Waals surface area contributed by atoms with Gasteiger partial charge in [-0.3, -0.25) is 4.79 Å². The van der Waals surface area contributed by atoms with E-state index in [0.29, 0.717) is 0 Å². The van der Waals surface area contributed by atoms with Crippen LogP contribution in [0, 0.1) is 6.92 Å². The number of carboxylic acids is 1. The Kier molecular flexibility index (Phi) is 3.59. The smallest absolute Gasteiger partial charge is 0.307 e. The molecule has 1 heterocycles. The molecule has 0 fully saturated rings. The van der Waals surface area contributed by atoms with Gasteiger partial charge < -0.3 is 14.8 Å². The molecule has 0 aliphatic heterocycles. The highest BCUT2D eigenvalue weighted by Gasteiger charge is 2.16. The zero-order chi connectivity index (χ0) is 15.7. The Morgan fingerprint density at radius 2 is 1.91 bits per heavy atom. The van der Waals surface area contributed by atoms with Crippen LogP contribution >= 0.6 is 0 Å². The van der Waals surface area contributed by atoms with E-state index < -0.39 is 5.97 Å². The first kappa shape index (κ1) is 14.2. The minimum Gasteiger partial charge on any atom is -0.497 e. The van der Waals surface area contributed by atoms with Gasteiger partial charge in [0.05, 0.1) is 19.2 Å². The molecule has 0 radical (unpaired) electrons. The molecule has 0 amide bonds. The summed E-state index contributed by atoms with van der Waals surface area (Å²) in [6.07, 6.45) is -0.00911. The lowest BCUT2D eigenvalue weighted by Gasteiger charge is -2.05. The van der Waals surface area contributed by atoms with E-state index in [4.69, 9.17) is 4.74 Å². The maximum atomic E-state index is 11.2. The Balaban J connectivity index is 2.20. The molecule has 4 heteroatoms. The number of ether oxygens (including phenoxy) is 1. The molecular weight excluding hydrogens is 278 g/mol. The van der Waals surface area contributed by atoms with Gasteiger partial charge in [0, 0.05) is 10.9 Å². The van der Waals surface area contributed by atoms with Crippen molar-refractivity contribution >= 4 is 16.9 Å². The Bertz CT molecular complexity index is 831. The number of aromatic nitrogens is 1. The molecule has 112 valence electrons. The lowest BCUT2D eigenvalue weighted by atomic mass is 10.0. The highest BCUT2D eigenvalue weighted by Crippen LogP contribution is 2.32. The highest BCUT2D eigenvalue weighted by molar-refractivity contribution is 5.94. The van der Waals surface area contributed by atoms with Crippen molar-refractivity contribution in [2.24, 2.45) is 0 Å². The highest BCUT2D eigenvalue weighted by atomic mass is 16.5. The summed E-state index contributed by atoms with van der Waals surface area (Å²) in [4.78, 5) is 14.6. The van der Waals surface area contributed by atoms with Gasteiger partial charge in [-0.25, -0.2) is 0 Å². The van der Waals surface area contributed by atoms with Crippen molar-refractivity contribution in [1.29, 1.82) is 0 Å². The maximum absolute atomic E-state index is 11.2. The molecule has 2 aromatic carbocycles. The van der Waals surface area contributed by atoms with Crippen molar-refractivity contribution in [3.8, 4) is 17.0 Å². The summed E-state index contributed by atoms with van der Waals surface area (Å²) in [6.45, 7) is 2.00. The average Bonchev–Trinajstić information content (AvgIpc) is 2.85. The molecule has 0 atom stereocenters. The molecular formula is C18H17NO3. The second-order valence-corrected chi connectivity index (χ2v) is 5.33. The number of carboxylic acid groups (broad SMARTS) is 1. The standard InChI is InChI=1S/C18H17NO3/c1-11-3-8-16-14(9-11)15(10-17(20)21)18(19-16)12-4-6-13(22-2)7-5-12/h3-9,19H,10H2,1-2H3,(H,20,21). The van der Waals surface area contributed by atoms with Gasteiger partial charge in [-0.2, -0.15) is 0 Å². The number of aromatic amines is 1. The van der Waals surface area contributed by atoms with Crippen LogP contribution in [0.2, 0.25) is 0 Å². The van der Waals surface area contributed by atoms with E-state index in [9.17, 15) is 9.90 Å². The molecule has 0 aliphatic rings. The van der Waals surface area contributed by atoms with Crippen LogP contribution in [0.3, 0.4) is 0 Å². The number of carbonyl (C=O) groups is 1.